The van der Waals surface area contributed by atoms with Gasteiger partial charge in [-0.05, 0) is 36.6 Å². The summed E-state index contributed by atoms with van der Waals surface area (Å²) in [7, 11) is 1.67. The number of ether oxygens (including phenoxy) is 1. The van der Waals surface area contributed by atoms with Crippen LogP contribution in [0.25, 0.3) is 0 Å². The summed E-state index contributed by atoms with van der Waals surface area (Å²) in [4.78, 5) is 0. The molecule has 0 radical (unpaired) electrons. The zero-order valence-corrected chi connectivity index (χ0v) is 10.0. The van der Waals surface area contributed by atoms with Crippen molar-refractivity contribution in [2.24, 2.45) is 0 Å². The van der Waals surface area contributed by atoms with Crippen LogP contribution < -0.4 is 0 Å². The first-order chi connectivity index (χ1) is 6.63. The Balaban J connectivity index is 2.89. The lowest BCUT2D eigenvalue weighted by Gasteiger charge is -2.10. The summed E-state index contributed by atoms with van der Waals surface area (Å²) in [6.07, 6.45) is 0.359. The van der Waals surface area contributed by atoms with Crippen molar-refractivity contribution in [2.75, 3.05) is 7.11 Å². The molecule has 0 aromatic heterocycles. The van der Waals surface area contributed by atoms with E-state index in [9.17, 15) is 5.11 Å². The van der Waals surface area contributed by atoms with Crippen molar-refractivity contribution in [3.05, 3.63) is 33.8 Å². The zero-order valence-electron chi connectivity index (χ0n) is 8.46. The fourth-order valence-corrected chi connectivity index (χ4v) is 1.81. The highest BCUT2D eigenvalue weighted by atomic mass is 79.9. The highest BCUT2D eigenvalue weighted by Gasteiger charge is 2.05. The maximum Gasteiger partial charge on any atom is 0.0716 e. The lowest BCUT2D eigenvalue weighted by molar-refractivity contribution is 0.178. The Morgan fingerprint density at radius 3 is 2.71 bits per heavy atom. The molecular weight excluding hydrogens is 244 g/mol. The van der Waals surface area contributed by atoms with E-state index in [1.165, 1.54) is 0 Å². The zero-order chi connectivity index (χ0) is 10.6. The van der Waals surface area contributed by atoms with Gasteiger partial charge in [-0.3, -0.25) is 0 Å². The summed E-state index contributed by atoms with van der Waals surface area (Å²) in [5.41, 5.74) is 2.27. The van der Waals surface area contributed by atoms with Crippen molar-refractivity contribution in [1.82, 2.24) is 0 Å². The molecule has 1 aromatic carbocycles. The molecule has 1 N–H and O–H groups in total. The van der Waals surface area contributed by atoms with Gasteiger partial charge >= 0.3 is 0 Å². The van der Waals surface area contributed by atoms with Gasteiger partial charge < -0.3 is 9.84 Å². The van der Waals surface area contributed by atoms with Crippen molar-refractivity contribution < 1.29 is 9.84 Å². The molecule has 1 unspecified atom stereocenters. The van der Waals surface area contributed by atoms with Crippen molar-refractivity contribution in [2.45, 2.75) is 26.1 Å². The van der Waals surface area contributed by atoms with Gasteiger partial charge in [-0.15, -0.1) is 0 Å². The van der Waals surface area contributed by atoms with Gasteiger partial charge in [-0.2, -0.15) is 0 Å². The summed E-state index contributed by atoms with van der Waals surface area (Å²) in [6.45, 7) is 2.38. The smallest absolute Gasteiger partial charge is 0.0716 e. The van der Waals surface area contributed by atoms with E-state index in [4.69, 9.17) is 4.74 Å². The fourth-order valence-electron chi connectivity index (χ4n) is 1.40. The molecule has 1 rings (SSSR count). The fraction of sp³-hybridized carbons (Fsp3) is 0.455. The minimum Gasteiger partial charge on any atom is -0.393 e. The van der Waals surface area contributed by atoms with Gasteiger partial charge in [-0.25, -0.2) is 0 Å². The number of hydrogen-bond acceptors (Lipinski definition) is 2. The first-order valence-corrected chi connectivity index (χ1v) is 5.37. The van der Waals surface area contributed by atoms with E-state index in [-0.39, 0.29) is 6.10 Å². The molecule has 1 aromatic rings. The molecule has 3 heteroatoms. The van der Waals surface area contributed by atoms with Gasteiger partial charge in [0.05, 0.1) is 12.7 Å². The molecule has 2 nitrogen and oxygen atoms in total. The molecule has 14 heavy (non-hydrogen) atoms. The average Bonchev–Trinajstić information content (AvgIpc) is 2.09. The van der Waals surface area contributed by atoms with Gasteiger partial charge in [0.1, 0.15) is 0 Å². The van der Waals surface area contributed by atoms with Crippen LogP contribution in [0, 0.1) is 0 Å². The van der Waals surface area contributed by atoms with E-state index in [1.54, 1.807) is 14.0 Å². The minimum absolute atomic E-state index is 0.313. The summed E-state index contributed by atoms with van der Waals surface area (Å²) >= 11 is 3.41. The van der Waals surface area contributed by atoms with Gasteiger partial charge in [-0.1, -0.05) is 22.0 Å². The van der Waals surface area contributed by atoms with Crippen LogP contribution in [0.15, 0.2) is 22.7 Å². The van der Waals surface area contributed by atoms with Gasteiger partial charge in [0.25, 0.3) is 0 Å². The maximum atomic E-state index is 9.32. The van der Waals surface area contributed by atoms with Crippen LogP contribution in [-0.4, -0.2) is 18.3 Å². The normalized spacial score (nSPS) is 12.9. The van der Waals surface area contributed by atoms with Crippen LogP contribution in [0.3, 0.4) is 0 Å². The molecule has 0 heterocycles. The minimum atomic E-state index is -0.313. The second-order valence-corrected chi connectivity index (χ2v) is 4.31. The van der Waals surface area contributed by atoms with E-state index in [0.29, 0.717) is 13.0 Å². The molecular formula is C11H15BrO2. The number of methoxy groups -OCH3 is 1. The van der Waals surface area contributed by atoms with Crippen molar-refractivity contribution in [1.29, 1.82) is 0 Å². The van der Waals surface area contributed by atoms with Gasteiger partial charge in [0, 0.05) is 11.6 Å². The average molecular weight is 259 g/mol. The Bertz CT molecular complexity index is 297. The third-order valence-corrected chi connectivity index (χ3v) is 2.48. The summed E-state index contributed by atoms with van der Waals surface area (Å²) in [5.74, 6) is 0. The second kappa shape index (κ2) is 5.49. The van der Waals surface area contributed by atoms with E-state index >= 15 is 0 Å². The summed E-state index contributed by atoms with van der Waals surface area (Å²) < 4.78 is 6.14. The number of halogens is 1. The number of aliphatic hydroxyl groups is 1. The quantitative estimate of drug-likeness (QED) is 0.900. The van der Waals surface area contributed by atoms with Gasteiger partial charge in [0.15, 0.2) is 0 Å². The number of rotatable bonds is 4. The largest absolute Gasteiger partial charge is 0.393 e. The topological polar surface area (TPSA) is 29.5 Å². The van der Waals surface area contributed by atoms with E-state index in [2.05, 4.69) is 15.9 Å². The molecule has 1 atom stereocenters. The molecule has 0 bridgehead atoms. The standard InChI is InChI=1S/C11H15BrO2/c1-8(13)5-9-3-4-11(12)6-10(9)7-14-2/h3-4,6,8,13H,5,7H2,1-2H3. The van der Waals surface area contributed by atoms with Crippen LogP contribution in [-0.2, 0) is 17.8 Å². The monoisotopic (exact) mass is 258 g/mol. The first-order valence-electron chi connectivity index (χ1n) is 4.57. The molecule has 0 aliphatic rings. The second-order valence-electron chi connectivity index (χ2n) is 3.40. The van der Waals surface area contributed by atoms with Crippen LogP contribution in [0.2, 0.25) is 0 Å². The summed E-state index contributed by atoms with van der Waals surface area (Å²) in [6, 6.07) is 6.03. The molecule has 0 saturated carbocycles. The van der Waals surface area contributed by atoms with Crippen LogP contribution in [0.1, 0.15) is 18.1 Å². The Morgan fingerprint density at radius 2 is 2.14 bits per heavy atom. The number of benzene rings is 1. The van der Waals surface area contributed by atoms with Crippen molar-refractivity contribution in [3.63, 3.8) is 0 Å². The molecule has 0 aliphatic carbocycles. The molecule has 0 spiro atoms. The molecule has 0 aliphatic heterocycles. The number of aliphatic hydroxyl groups excluding tert-OH is 1. The molecule has 0 fully saturated rings. The Kier molecular flexibility index (Phi) is 4.58. The van der Waals surface area contributed by atoms with E-state index in [0.717, 1.165) is 15.6 Å². The third kappa shape index (κ3) is 3.40. The SMILES string of the molecule is COCc1cc(Br)ccc1CC(C)O. The van der Waals surface area contributed by atoms with E-state index < -0.39 is 0 Å². The third-order valence-electron chi connectivity index (χ3n) is 1.98. The predicted molar refractivity (Wildman–Crippen MR) is 60.2 cm³/mol. The highest BCUT2D eigenvalue weighted by Crippen LogP contribution is 2.18. The first kappa shape index (κ1) is 11.7. The molecule has 0 saturated heterocycles. The Labute approximate surface area is 93.0 Å². The molecule has 78 valence electrons. The number of hydrogen-bond donors (Lipinski definition) is 1. The Hall–Kier alpha value is -0.380. The van der Waals surface area contributed by atoms with Crippen molar-refractivity contribution >= 4 is 15.9 Å². The highest BCUT2D eigenvalue weighted by molar-refractivity contribution is 9.10. The van der Waals surface area contributed by atoms with Crippen LogP contribution in [0.5, 0.6) is 0 Å². The lowest BCUT2D eigenvalue weighted by atomic mass is 10.0. The summed E-state index contributed by atoms with van der Waals surface area (Å²) in [5, 5.41) is 9.32. The predicted octanol–water partition coefficient (Wildman–Crippen LogP) is 2.52. The van der Waals surface area contributed by atoms with Crippen molar-refractivity contribution in [3.8, 4) is 0 Å². The van der Waals surface area contributed by atoms with Crippen LogP contribution in [0.4, 0.5) is 0 Å². The van der Waals surface area contributed by atoms with Crippen LogP contribution >= 0.6 is 15.9 Å². The molecule has 0 amide bonds. The van der Waals surface area contributed by atoms with Gasteiger partial charge in [0.2, 0.25) is 0 Å². The maximum absolute atomic E-state index is 9.32. The Morgan fingerprint density at radius 1 is 1.43 bits per heavy atom. The lowest BCUT2D eigenvalue weighted by Crippen LogP contribution is -2.07. The van der Waals surface area contributed by atoms with E-state index in [1.807, 2.05) is 18.2 Å².